The van der Waals surface area contributed by atoms with Crippen LogP contribution in [0.2, 0.25) is 0 Å². The van der Waals surface area contributed by atoms with Gasteiger partial charge in [-0.25, -0.2) is 0 Å². The summed E-state index contributed by atoms with van der Waals surface area (Å²) < 4.78 is 11.5. The Labute approximate surface area is 147 Å². The molecule has 0 N–H and O–H groups in total. The quantitative estimate of drug-likeness (QED) is 0.862. The molecule has 1 saturated carbocycles. The number of pyridine rings is 1. The number of para-hydroxylation sites is 1. The van der Waals surface area contributed by atoms with E-state index in [1.807, 2.05) is 35.2 Å². The van der Waals surface area contributed by atoms with Crippen LogP contribution in [0.5, 0.6) is 0 Å². The van der Waals surface area contributed by atoms with Gasteiger partial charge in [0, 0.05) is 32.3 Å². The van der Waals surface area contributed by atoms with Gasteiger partial charge in [0.05, 0.1) is 28.8 Å². The number of amides is 1. The fraction of sp³-hybridized carbons (Fsp3) is 0.500. The van der Waals surface area contributed by atoms with E-state index in [1.165, 1.54) is 0 Å². The Morgan fingerprint density at radius 1 is 1.28 bits per heavy atom. The highest BCUT2D eigenvalue weighted by Gasteiger charge is 2.52. The number of hydrogen-bond donors (Lipinski definition) is 0. The number of nitrogens with zero attached hydrogens (tertiary/aromatic N) is 2. The molecule has 0 spiro atoms. The Morgan fingerprint density at radius 2 is 2.12 bits per heavy atom. The summed E-state index contributed by atoms with van der Waals surface area (Å²) in [6.07, 6.45) is 5.52. The van der Waals surface area contributed by atoms with Crippen molar-refractivity contribution in [3.05, 3.63) is 42.1 Å². The maximum Gasteiger partial charge on any atom is 0.255 e. The molecule has 4 rings (SSSR count). The summed E-state index contributed by atoms with van der Waals surface area (Å²) >= 11 is 0. The molecule has 2 aromatic rings. The molecule has 0 radical (unpaired) electrons. The summed E-state index contributed by atoms with van der Waals surface area (Å²) in [7, 11) is 3.52. The third kappa shape index (κ3) is 2.71. The minimum Gasteiger partial charge on any atom is -0.381 e. The van der Waals surface area contributed by atoms with Crippen molar-refractivity contribution in [1.82, 2.24) is 9.88 Å². The van der Waals surface area contributed by atoms with Crippen molar-refractivity contribution in [2.24, 2.45) is 0 Å². The minimum atomic E-state index is -0.227. The largest absolute Gasteiger partial charge is 0.381 e. The zero-order valence-corrected chi connectivity index (χ0v) is 14.8. The fourth-order valence-corrected chi connectivity index (χ4v) is 4.47. The van der Waals surface area contributed by atoms with Crippen molar-refractivity contribution in [1.29, 1.82) is 0 Å². The highest BCUT2D eigenvalue weighted by atomic mass is 16.5. The second-order valence-electron chi connectivity index (χ2n) is 7.08. The van der Waals surface area contributed by atoms with E-state index >= 15 is 0 Å². The lowest BCUT2D eigenvalue weighted by Gasteiger charge is -2.43. The Balaban J connectivity index is 1.64. The zero-order valence-electron chi connectivity index (χ0n) is 14.8. The summed E-state index contributed by atoms with van der Waals surface area (Å²) in [5.74, 6) is 0.0407. The predicted molar refractivity (Wildman–Crippen MR) is 95.6 cm³/mol. The number of ether oxygens (including phenoxy) is 2. The highest BCUT2D eigenvalue weighted by Crippen LogP contribution is 2.43. The molecule has 3 atom stereocenters. The van der Waals surface area contributed by atoms with E-state index in [0.717, 1.165) is 43.1 Å². The first-order chi connectivity index (χ1) is 12.2. The molecule has 0 unspecified atom stereocenters. The van der Waals surface area contributed by atoms with Crippen molar-refractivity contribution >= 4 is 16.8 Å². The first-order valence-corrected chi connectivity index (χ1v) is 8.90. The van der Waals surface area contributed by atoms with Gasteiger partial charge in [0.25, 0.3) is 5.91 Å². The van der Waals surface area contributed by atoms with Crippen molar-refractivity contribution in [2.75, 3.05) is 20.8 Å². The second kappa shape index (κ2) is 6.39. The lowest BCUT2D eigenvalue weighted by Crippen LogP contribution is -2.53. The van der Waals surface area contributed by atoms with E-state index in [4.69, 9.17) is 9.47 Å². The average Bonchev–Trinajstić information content (AvgIpc) is 3.06. The van der Waals surface area contributed by atoms with Gasteiger partial charge in [0.2, 0.25) is 0 Å². The number of benzene rings is 1. The Kier molecular flexibility index (Phi) is 4.21. The molecular weight excluding hydrogens is 316 g/mol. The number of rotatable bonds is 3. The molecule has 1 saturated heterocycles. The van der Waals surface area contributed by atoms with E-state index in [2.05, 4.69) is 4.98 Å². The highest BCUT2D eigenvalue weighted by molar-refractivity contribution is 5.97. The smallest absolute Gasteiger partial charge is 0.255 e. The Morgan fingerprint density at radius 3 is 2.92 bits per heavy atom. The Hall–Kier alpha value is -1.98. The van der Waals surface area contributed by atoms with Crippen molar-refractivity contribution in [3.8, 4) is 0 Å². The number of carbonyl (C=O) groups is 1. The van der Waals surface area contributed by atoms with Crippen LogP contribution < -0.4 is 0 Å². The molecule has 25 heavy (non-hydrogen) atoms. The lowest BCUT2D eigenvalue weighted by molar-refractivity contribution is -0.0893. The second-order valence-corrected chi connectivity index (χ2v) is 7.08. The number of methoxy groups -OCH3 is 2. The van der Waals surface area contributed by atoms with Crippen molar-refractivity contribution in [3.63, 3.8) is 0 Å². The molecular formula is C20H24N2O3. The van der Waals surface area contributed by atoms with Crippen LogP contribution in [-0.4, -0.2) is 54.3 Å². The van der Waals surface area contributed by atoms with Crippen molar-refractivity contribution in [2.45, 2.75) is 43.4 Å². The normalized spacial score (nSPS) is 29.0. The van der Waals surface area contributed by atoms with E-state index in [0.29, 0.717) is 5.56 Å². The summed E-state index contributed by atoms with van der Waals surface area (Å²) in [6, 6.07) is 9.87. The third-order valence-corrected chi connectivity index (χ3v) is 5.97. The molecule has 5 nitrogen and oxygen atoms in total. The maximum atomic E-state index is 13.2. The SMILES string of the molecule is CO[C@H]1CC[C@@]2(OC)CCN(C(=O)c3cnc4ccccc4c3)[C@H]2C1. The maximum absolute atomic E-state index is 13.2. The van der Waals surface area contributed by atoms with Crippen LogP contribution in [0.1, 0.15) is 36.0 Å². The standard InChI is InChI=1S/C20H24N2O3/c1-24-16-7-8-20(25-2)9-10-22(18(20)12-16)19(23)15-11-14-5-3-4-6-17(14)21-13-15/h3-6,11,13,16,18H,7-10,12H2,1-2H3/t16-,18-,20+/m0/s1. The Bertz CT molecular complexity index is 793. The first-order valence-electron chi connectivity index (χ1n) is 8.90. The summed E-state index contributed by atoms with van der Waals surface area (Å²) in [4.78, 5) is 19.6. The minimum absolute atomic E-state index is 0.0407. The molecule has 132 valence electrons. The van der Waals surface area contributed by atoms with Crippen molar-refractivity contribution < 1.29 is 14.3 Å². The van der Waals surface area contributed by atoms with E-state index in [1.54, 1.807) is 20.4 Å². The van der Waals surface area contributed by atoms with Gasteiger partial charge in [-0.1, -0.05) is 18.2 Å². The van der Waals surface area contributed by atoms with Gasteiger partial charge in [-0.2, -0.15) is 0 Å². The van der Waals surface area contributed by atoms with E-state index in [9.17, 15) is 4.79 Å². The number of likely N-dealkylation sites (tertiary alicyclic amines) is 1. The molecule has 2 heterocycles. The van der Waals surface area contributed by atoms with Gasteiger partial charge in [-0.15, -0.1) is 0 Å². The number of carbonyl (C=O) groups excluding carboxylic acids is 1. The van der Waals surface area contributed by atoms with E-state index < -0.39 is 0 Å². The molecule has 1 aliphatic heterocycles. The van der Waals surface area contributed by atoms with Gasteiger partial charge in [-0.3, -0.25) is 9.78 Å². The summed E-state index contributed by atoms with van der Waals surface area (Å²) in [5, 5.41) is 0.990. The predicted octanol–water partition coefficient (Wildman–Crippen LogP) is 3.03. The molecule has 1 amide bonds. The third-order valence-electron chi connectivity index (χ3n) is 5.97. The molecule has 2 fully saturated rings. The molecule has 5 heteroatoms. The van der Waals surface area contributed by atoms with Crippen LogP contribution in [0.15, 0.2) is 36.5 Å². The molecule has 0 bridgehead atoms. The molecule has 2 aliphatic rings. The molecule has 1 aromatic carbocycles. The van der Waals surface area contributed by atoms with Crippen LogP contribution in [-0.2, 0) is 9.47 Å². The fourth-order valence-electron chi connectivity index (χ4n) is 4.47. The molecule has 1 aromatic heterocycles. The summed E-state index contributed by atoms with van der Waals surface area (Å²) in [5.41, 5.74) is 1.32. The van der Waals surface area contributed by atoms with Crippen LogP contribution >= 0.6 is 0 Å². The van der Waals surface area contributed by atoms with Crippen LogP contribution in [0, 0.1) is 0 Å². The number of aromatic nitrogens is 1. The van der Waals surface area contributed by atoms with Gasteiger partial charge in [0.15, 0.2) is 0 Å². The van der Waals surface area contributed by atoms with Crippen LogP contribution in [0.3, 0.4) is 0 Å². The van der Waals surface area contributed by atoms with Crippen LogP contribution in [0.25, 0.3) is 10.9 Å². The monoisotopic (exact) mass is 340 g/mol. The van der Waals surface area contributed by atoms with Gasteiger partial charge in [0.1, 0.15) is 0 Å². The van der Waals surface area contributed by atoms with E-state index in [-0.39, 0.29) is 23.7 Å². The lowest BCUT2D eigenvalue weighted by atomic mass is 9.79. The molecule has 1 aliphatic carbocycles. The van der Waals surface area contributed by atoms with Crippen LogP contribution in [0.4, 0.5) is 0 Å². The summed E-state index contributed by atoms with van der Waals surface area (Å²) in [6.45, 7) is 0.723. The van der Waals surface area contributed by atoms with Gasteiger partial charge in [-0.05, 0) is 37.8 Å². The first kappa shape index (κ1) is 16.5. The van der Waals surface area contributed by atoms with Gasteiger partial charge < -0.3 is 14.4 Å². The van der Waals surface area contributed by atoms with Gasteiger partial charge >= 0.3 is 0 Å². The zero-order chi connectivity index (χ0) is 17.4. The number of fused-ring (bicyclic) bond motifs is 2. The number of hydrogen-bond acceptors (Lipinski definition) is 4. The average molecular weight is 340 g/mol. The topological polar surface area (TPSA) is 51.7 Å².